The van der Waals surface area contributed by atoms with Crippen molar-refractivity contribution in [3.8, 4) is 0 Å². The molecule has 0 radical (unpaired) electrons. The molecule has 2 aromatic rings. The molecule has 110 valence electrons. The zero-order valence-corrected chi connectivity index (χ0v) is 13.4. The van der Waals surface area contributed by atoms with Crippen LogP contribution in [0.1, 0.15) is 51.0 Å². The normalized spacial score (nSPS) is 17.6. The number of rotatable bonds is 5. The first-order valence-corrected chi connectivity index (χ1v) is 8.20. The van der Waals surface area contributed by atoms with Gasteiger partial charge in [-0.15, -0.1) is 11.6 Å². The van der Waals surface area contributed by atoms with Gasteiger partial charge >= 0.3 is 0 Å². The van der Waals surface area contributed by atoms with Crippen molar-refractivity contribution in [2.75, 3.05) is 5.88 Å². The van der Waals surface area contributed by atoms with E-state index in [4.69, 9.17) is 16.6 Å². The maximum Gasteiger partial charge on any atom is 0.159 e. The Balaban J connectivity index is 2.26. The minimum Gasteiger partial charge on any atom is -0.307 e. The minimum absolute atomic E-state index is 0.245. The molecule has 0 spiro atoms. The van der Waals surface area contributed by atoms with E-state index in [0.29, 0.717) is 5.88 Å². The summed E-state index contributed by atoms with van der Waals surface area (Å²) in [4.78, 5) is 4.89. The van der Waals surface area contributed by atoms with Gasteiger partial charge in [-0.3, -0.25) is 4.68 Å². The quantitative estimate of drug-likeness (QED) is 0.792. The molecule has 2 heterocycles. The Labute approximate surface area is 125 Å². The van der Waals surface area contributed by atoms with E-state index in [1.807, 2.05) is 11.7 Å². The fourth-order valence-electron chi connectivity index (χ4n) is 3.53. The highest BCUT2D eigenvalue weighted by Gasteiger charge is 2.40. The number of nitrogens with zero attached hydrogens (tertiary/aromatic N) is 4. The van der Waals surface area contributed by atoms with E-state index in [1.165, 1.54) is 24.9 Å². The number of imidazole rings is 1. The fourth-order valence-corrected chi connectivity index (χ4v) is 3.70. The van der Waals surface area contributed by atoms with Crippen LogP contribution in [0.5, 0.6) is 0 Å². The highest BCUT2D eigenvalue weighted by molar-refractivity contribution is 6.17. The molecule has 2 aromatic heterocycles. The van der Waals surface area contributed by atoms with Crippen LogP contribution in [0.2, 0.25) is 0 Å². The summed E-state index contributed by atoms with van der Waals surface area (Å²) >= 11 is 5.99. The van der Waals surface area contributed by atoms with Crippen molar-refractivity contribution in [1.82, 2.24) is 19.3 Å². The van der Waals surface area contributed by atoms with Gasteiger partial charge in [0.2, 0.25) is 0 Å². The number of hydrogen-bond acceptors (Lipinski definition) is 2. The SMILES string of the molecule is CCc1nn(C)c2c1nc(CCCl)n2C1(CC)CCC1. The molecule has 1 fully saturated rings. The second-order valence-electron chi connectivity index (χ2n) is 5.83. The summed E-state index contributed by atoms with van der Waals surface area (Å²) in [7, 11) is 2.03. The van der Waals surface area contributed by atoms with E-state index in [-0.39, 0.29) is 5.54 Å². The number of halogens is 1. The van der Waals surface area contributed by atoms with E-state index in [1.54, 1.807) is 0 Å². The van der Waals surface area contributed by atoms with Gasteiger partial charge in [0.1, 0.15) is 11.3 Å². The Kier molecular flexibility index (Phi) is 3.53. The van der Waals surface area contributed by atoms with Crippen LogP contribution in [0.15, 0.2) is 0 Å². The molecule has 1 aliphatic carbocycles. The lowest BCUT2D eigenvalue weighted by Gasteiger charge is -2.43. The van der Waals surface area contributed by atoms with Crippen LogP contribution in [-0.2, 0) is 25.4 Å². The molecule has 0 aromatic carbocycles. The standard InChI is InChI=1S/C15H23ClN4/c1-4-11-13-14(19(3)18-11)20(12(17-13)7-10-16)15(5-2)8-6-9-15/h4-10H2,1-3H3. The smallest absolute Gasteiger partial charge is 0.159 e. The third-order valence-electron chi connectivity index (χ3n) is 4.84. The first-order chi connectivity index (χ1) is 9.66. The zero-order valence-electron chi connectivity index (χ0n) is 12.6. The molecular weight excluding hydrogens is 272 g/mol. The van der Waals surface area contributed by atoms with Crippen LogP contribution in [0.25, 0.3) is 11.2 Å². The van der Waals surface area contributed by atoms with Crippen molar-refractivity contribution in [2.45, 2.75) is 57.9 Å². The molecule has 5 heteroatoms. The molecule has 3 rings (SSSR count). The van der Waals surface area contributed by atoms with Crippen LogP contribution >= 0.6 is 11.6 Å². The molecule has 1 aliphatic rings. The Morgan fingerprint density at radius 3 is 2.55 bits per heavy atom. The molecule has 0 N–H and O–H groups in total. The first-order valence-electron chi connectivity index (χ1n) is 7.66. The molecule has 20 heavy (non-hydrogen) atoms. The van der Waals surface area contributed by atoms with Gasteiger partial charge in [0, 0.05) is 24.9 Å². The van der Waals surface area contributed by atoms with Crippen molar-refractivity contribution < 1.29 is 0 Å². The molecular formula is C15H23ClN4. The topological polar surface area (TPSA) is 35.6 Å². The number of hydrogen-bond donors (Lipinski definition) is 0. The van der Waals surface area contributed by atoms with Gasteiger partial charge in [0.25, 0.3) is 0 Å². The average molecular weight is 295 g/mol. The van der Waals surface area contributed by atoms with Crippen LogP contribution in [0.4, 0.5) is 0 Å². The minimum atomic E-state index is 0.245. The highest BCUT2D eigenvalue weighted by Crippen LogP contribution is 2.45. The van der Waals surface area contributed by atoms with E-state index >= 15 is 0 Å². The van der Waals surface area contributed by atoms with Gasteiger partial charge in [-0.05, 0) is 32.1 Å². The summed E-state index contributed by atoms with van der Waals surface area (Å²) in [6.45, 7) is 4.42. The number of fused-ring (bicyclic) bond motifs is 1. The Morgan fingerprint density at radius 2 is 2.05 bits per heavy atom. The zero-order chi connectivity index (χ0) is 14.3. The summed E-state index contributed by atoms with van der Waals surface area (Å²) in [6, 6.07) is 0. The second-order valence-corrected chi connectivity index (χ2v) is 6.21. The number of alkyl halides is 1. The molecule has 4 nitrogen and oxygen atoms in total. The van der Waals surface area contributed by atoms with Crippen molar-refractivity contribution in [2.24, 2.45) is 7.05 Å². The van der Waals surface area contributed by atoms with Crippen LogP contribution in [-0.4, -0.2) is 25.2 Å². The lowest BCUT2D eigenvalue weighted by Crippen LogP contribution is -2.41. The summed E-state index contributed by atoms with van der Waals surface area (Å²) in [5, 5.41) is 4.64. The predicted molar refractivity (Wildman–Crippen MR) is 82.4 cm³/mol. The summed E-state index contributed by atoms with van der Waals surface area (Å²) < 4.78 is 4.47. The van der Waals surface area contributed by atoms with Crippen LogP contribution < -0.4 is 0 Å². The molecule has 1 saturated carbocycles. The van der Waals surface area contributed by atoms with Crippen molar-refractivity contribution in [1.29, 1.82) is 0 Å². The first kappa shape index (κ1) is 13.9. The monoisotopic (exact) mass is 294 g/mol. The Bertz CT molecular complexity index is 616. The largest absolute Gasteiger partial charge is 0.307 e. The average Bonchev–Trinajstić information content (AvgIpc) is 2.89. The molecule has 0 atom stereocenters. The predicted octanol–water partition coefficient (Wildman–Crippen LogP) is 3.40. The van der Waals surface area contributed by atoms with Gasteiger partial charge < -0.3 is 4.57 Å². The van der Waals surface area contributed by atoms with E-state index in [2.05, 4.69) is 23.5 Å². The molecule has 0 amide bonds. The maximum absolute atomic E-state index is 5.99. The van der Waals surface area contributed by atoms with E-state index < -0.39 is 0 Å². The molecule has 0 saturated heterocycles. The van der Waals surface area contributed by atoms with E-state index in [9.17, 15) is 0 Å². The van der Waals surface area contributed by atoms with Gasteiger partial charge in [0.05, 0.1) is 5.69 Å². The van der Waals surface area contributed by atoms with Crippen LogP contribution in [0.3, 0.4) is 0 Å². The molecule has 0 unspecified atom stereocenters. The Morgan fingerprint density at radius 1 is 1.30 bits per heavy atom. The lowest BCUT2D eigenvalue weighted by atomic mass is 9.74. The third-order valence-corrected chi connectivity index (χ3v) is 5.03. The van der Waals surface area contributed by atoms with Crippen molar-refractivity contribution in [3.05, 3.63) is 11.5 Å². The van der Waals surface area contributed by atoms with E-state index in [0.717, 1.165) is 36.3 Å². The number of aromatic nitrogens is 4. The molecule has 0 aliphatic heterocycles. The van der Waals surface area contributed by atoms with Gasteiger partial charge in [-0.1, -0.05) is 13.8 Å². The molecule has 0 bridgehead atoms. The van der Waals surface area contributed by atoms with Crippen LogP contribution in [0, 0.1) is 0 Å². The van der Waals surface area contributed by atoms with Gasteiger partial charge in [0.15, 0.2) is 5.65 Å². The van der Waals surface area contributed by atoms with Gasteiger partial charge in [-0.25, -0.2) is 4.98 Å². The highest BCUT2D eigenvalue weighted by atomic mass is 35.5. The maximum atomic E-state index is 5.99. The summed E-state index contributed by atoms with van der Waals surface area (Å²) in [5.41, 5.74) is 3.61. The number of aryl methyl sites for hydroxylation is 3. The summed E-state index contributed by atoms with van der Waals surface area (Å²) in [6.07, 6.45) is 6.72. The van der Waals surface area contributed by atoms with Crippen molar-refractivity contribution >= 4 is 22.8 Å². The summed E-state index contributed by atoms with van der Waals surface area (Å²) in [5.74, 6) is 1.76. The lowest BCUT2D eigenvalue weighted by molar-refractivity contribution is 0.136. The van der Waals surface area contributed by atoms with Crippen molar-refractivity contribution in [3.63, 3.8) is 0 Å². The fraction of sp³-hybridized carbons (Fsp3) is 0.733. The second kappa shape index (κ2) is 5.06. The van der Waals surface area contributed by atoms with Gasteiger partial charge in [-0.2, -0.15) is 5.10 Å². The Hall–Kier alpha value is -1.03. The third kappa shape index (κ3) is 1.80.